The molecule has 1 heterocycles. The van der Waals surface area contributed by atoms with Gasteiger partial charge in [-0.3, -0.25) is 24.1 Å². The number of hydrogen-bond donors (Lipinski definition) is 0. The normalized spacial score (nSPS) is 36.7. The van der Waals surface area contributed by atoms with E-state index >= 15 is 0 Å². The summed E-state index contributed by atoms with van der Waals surface area (Å²) >= 11 is 0. The number of hydrogen-bond acceptors (Lipinski definition) is 6. The lowest BCUT2D eigenvalue weighted by Gasteiger charge is -2.47. The van der Waals surface area contributed by atoms with Gasteiger partial charge in [0, 0.05) is 18.9 Å². The molecular formula is C17H21NO6. The molecule has 130 valence electrons. The molecule has 7 nitrogen and oxygen atoms in total. The second-order valence-corrected chi connectivity index (χ2v) is 6.38. The van der Waals surface area contributed by atoms with Crippen molar-refractivity contribution in [2.24, 2.45) is 35.5 Å². The van der Waals surface area contributed by atoms with Crippen molar-refractivity contribution in [3.05, 3.63) is 12.2 Å². The van der Waals surface area contributed by atoms with Crippen LogP contribution in [0.25, 0.3) is 0 Å². The number of likely N-dealkylation sites (tertiary alicyclic amines) is 1. The molecule has 3 aliphatic carbocycles. The molecule has 1 saturated carbocycles. The van der Waals surface area contributed by atoms with Crippen LogP contribution in [-0.4, -0.2) is 48.9 Å². The summed E-state index contributed by atoms with van der Waals surface area (Å²) in [6.07, 6.45) is 3.57. The van der Waals surface area contributed by atoms with Crippen molar-refractivity contribution in [3.8, 4) is 0 Å². The Bertz CT molecular complexity index is 575. The van der Waals surface area contributed by atoms with E-state index in [1.165, 1.54) is 7.05 Å². The molecule has 0 aromatic carbocycles. The molecule has 2 fully saturated rings. The van der Waals surface area contributed by atoms with Crippen molar-refractivity contribution < 1.29 is 28.7 Å². The van der Waals surface area contributed by atoms with E-state index in [0.29, 0.717) is 0 Å². The SMILES string of the molecule is CCOC(=O)[C@H]1[C@@H]2C=C[C@@H]([C@H]3C(=O)N(C)C(=O)[C@@H]23)[C@@H]1C(=O)OCC. The van der Waals surface area contributed by atoms with E-state index in [2.05, 4.69) is 0 Å². The number of esters is 2. The fourth-order valence-electron chi connectivity index (χ4n) is 4.42. The number of rotatable bonds is 4. The van der Waals surface area contributed by atoms with Crippen LogP contribution in [0.15, 0.2) is 12.2 Å². The van der Waals surface area contributed by atoms with Crippen molar-refractivity contribution >= 4 is 23.8 Å². The molecule has 1 saturated heterocycles. The van der Waals surface area contributed by atoms with Crippen LogP contribution in [0.1, 0.15) is 13.8 Å². The predicted molar refractivity (Wildman–Crippen MR) is 81.1 cm³/mol. The molecule has 0 spiro atoms. The Hall–Kier alpha value is -2.18. The Labute approximate surface area is 140 Å². The molecule has 0 aromatic heterocycles. The topological polar surface area (TPSA) is 90.0 Å². The quantitative estimate of drug-likeness (QED) is 0.419. The molecule has 1 aliphatic heterocycles. The number of fused-ring (bicyclic) bond motifs is 1. The van der Waals surface area contributed by atoms with E-state index in [1.54, 1.807) is 26.0 Å². The minimum absolute atomic E-state index is 0.187. The van der Waals surface area contributed by atoms with Crippen molar-refractivity contribution in [1.29, 1.82) is 0 Å². The molecule has 0 radical (unpaired) electrons. The van der Waals surface area contributed by atoms with E-state index in [4.69, 9.17) is 9.47 Å². The minimum Gasteiger partial charge on any atom is -0.466 e. The molecule has 7 heteroatoms. The van der Waals surface area contributed by atoms with Crippen LogP contribution in [0.5, 0.6) is 0 Å². The summed E-state index contributed by atoms with van der Waals surface area (Å²) in [6.45, 7) is 3.75. The fraction of sp³-hybridized carbons (Fsp3) is 0.647. The van der Waals surface area contributed by atoms with Gasteiger partial charge in [-0.25, -0.2) is 0 Å². The van der Waals surface area contributed by atoms with Gasteiger partial charge in [-0.1, -0.05) is 12.2 Å². The molecule has 24 heavy (non-hydrogen) atoms. The van der Waals surface area contributed by atoms with Crippen LogP contribution < -0.4 is 0 Å². The maximum absolute atomic E-state index is 12.5. The van der Waals surface area contributed by atoms with Gasteiger partial charge in [0.2, 0.25) is 11.8 Å². The highest BCUT2D eigenvalue weighted by Crippen LogP contribution is 2.55. The fourth-order valence-corrected chi connectivity index (χ4v) is 4.42. The third kappa shape index (κ3) is 2.17. The summed E-state index contributed by atoms with van der Waals surface area (Å²) in [5.41, 5.74) is 0. The summed E-state index contributed by atoms with van der Waals surface area (Å²) < 4.78 is 10.3. The third-order valence-electron chi connectivity index (χ3n) is 5.34. The Kier molecular flexibility index (Phi) is 4.19. The zero-order chi connectivity index (χ0) is 17.6. The second-order valence-electron chi connectivity index (χ2n) is 6.38. The molecule has 0 aromatic rings. The van der Waals surface area contributed by atoms with E-state index in [0.717, 1.165) is 4.90 Å². The molecule has 0 N–H and O–H groups in total. The van der Waals surface area contributed by atoms with Gasteiger partial charge in [-0.2, -0.15) is 0 Å². The van der Waals surface area contributed by atoms with E-state index in [-0.39, 0.29) is 25.0 Å². The Morgan fingerprint density at radius 3 is 1.62 bits per heavy atom. The first-order valence-electron chi connectivity index (χ1n) is 8.27. The molecule has 2 bridgehead atoms. The summed E-state index contributed by atoms with van der Waals surface area (Å²) in [7, 11) is 1.45. The van der Waals surface area contributed by atoms with Crippen molar-refractivity contribution in [3.63, 3.8) is 0 Å². The van der Waals surface area contributed by atoms with Gasteiger partial charge in [-0.05, 0) is 13.8 Å². The Balaban J connectivity index is 2.04. The van der Waals surface area contributed by atoms with Crippen molar-refractivity contribution in [1.82, 2.24) is 4.90 Å². The first-order chi connectivity index (χ1) is 11.4. The van der Waals surface area contributed by atoms with Gasteiger partial charge in [0.25, 0.3) is 0 Å². The average molecular weight is 335 g/mol. The molecule has 6 atom stereocenters. The maximum atomic E-state index is 12.5. The number of imide groups is 1. The third-order valence-corrected chi connectivity index (χ3v) is 5.34. The van der Waals surface area contributed by atoms with Gasteiger partial charge >= 0.3 is 11.9 Å². The number of ether oxygens (including phenoxy) is 2. The summed E-state index contributed by atoms with van der Waals surface area (Å²) in [5.74, 6) is -5.42. The lowest BCUT2D eigenvalue weighted by Crippen LogP contribution is -2.55. The second kappa shape index (κ2) is 6.03. The van der Waals surface area contributed by atoms with Crippen molar-refractivity contribution in [2.45, 2.75) is 13.8 Å². The van der Waals surface area contributed by atoms with E-state index in [9.17, 15) is 19.2 Å². The summed E-state index contributed by atoms with van der Waals surface area (Å²) in [4.78, 5) is 51.0. The van der Waals surface area contributed by atoms with Crippen molar-refractivity contribution in [2.75, 3.05) is 20.3 Å². The minimum atomic E-state index is -0.788. The van der Waals surface area contributed by atoms with Crippen LogP contribution in [0.3, 0.4) is 0 Å². The Morgan fingerprint density at radius 2 is 1.29 bits per heavy atom. The van der Waals surface area contributed by atoms with E-state index in [1.807, 2.05) is 0 Å². The number of nitrogens with zero attached hydrogens (tertiary/aromatic N) is 1. The maximum Gasteiger partial charge on any atom is 0.310 e. The number of allylic oxidation sites excluding steroid dienone is 2. The standard InChI is InChI=1S/C17H21NO6/c1-4-23-16(21)12-8-6-7-9(13(12)17(22)24-5-2)11-10(8)14(19)18(3)15(11)20/h6-13H,4-5H2,1-3H3/t8-,9+,10+,11-,12-,13-/m0/s1. The lowest BCUT2D eigenvalue weighted by atomic mass is 9.53. The highest BCUT2D eigenvalue weighted by Gasteiger charge is 2.65. The number of amides is 2. The lowest BCUT2D eigenvalue weighted by molar-refractivity contribution is -0.172. The van der Waals surface area contributed by atoms with Gasteiger partial charge in [0.1, 0.15) is 0 Å². The smallest absolute Gasteiger partial charge is 0.310 e. The predicted octanol–water partition coefficient (Wildman–Crippen LogP) is 0.392. The molecule has 4 aliphatic rings. The van der Waals surface area contributed by atoms with Crippen LogP contribution in [0.4, 0.5) is 0 Å². The Morgan fingerprint density at radius 1 is 0.917 bits per heavy atom. The highest BCUT2D eigenvalue weighted by molar-refractivity contribution is 6.06. The van der Waals surface area contributed by atoms with Crippen LogP contribution in [-0.2, 0) is 28.7 Å². The zero-order valence-corrected chi connectivity index (χ0v) is 13.9. The monoisotopic (exact) mass is 335 g/mol. The van der Waals surface area contributed by atoms with Gasteiger partial charge < -0.3 is 9.47 Å². The largest absolute Gasteiger partial charge is 0.466 e. The number of carbonyl (C=O) groups is 4. The summed E-state index contributed by atoms with van der Waals surface area (Å²) in [6, 6.07) is 0. The zero-order valence-electron chi connectivity index (χ0n) is 13.9. The van der Waals surface area contributed by atoms with Crippen LogP contribution in [0, 0.1) is 35.5 Å². The molecular weight excluding hydrogens is 314 g/mol. The van der Waals surface area contributed by atoms with E-state index < -0.39 is 47.4 Å². The van der Waals surface area contributed by atoms with Gasteiger partial charge in [0.15, 0.2) is 0 Å². The highest BCUT2D eigenvalue weighted by atomic mass is 16.5. The summed E-state index contributed by atoms with van der Waals surface area (Å²) in [5, 5.41) is 0. The van der Waals surface area contributed by atoms with Crippen LogP contribution >= 0.6 is 0 Å². The average Bonchev–Trinajstić information content (AvgIpc) is 2.81. The first-order valence-corrected chi connectivity index (χ1v) is 8.27. The van der Waals surface area contributed by atoms with Gasteiger partial charge in [0.05, 0.1) is 36.9 Å². The van der Waals surface area contributed by atoms with Crippen LogP contribution in [0.2, 0.25) is 0 Å². The molecule has 4 rings (SSSR count). The molecule has 2 amide bonds. The molecule has 0 unspecified atom stereocenters. The number of carbonyl (C=O) groups excluding carboxylic acids is 4. The van der Waals surface area contributed by atoms with Gasteiger partial charge in [-0.15, -0.1) is 0 Å². The first kappa shape index (κ1) is 16.7.